The highest BCUT2D eigenvalue weighted by Gasteiger charge is 2.22. The lowest BCUT2D eigenvalue weighted by atomic mass is 9.89. The van der Waals surface area contributed by atoms with Crippen LogP contribution in [0.15, 0.2) is 72.8 Å². The van der Waals surface area contributed by atoms with Gasteiger partial charge in [0.2, 0.25) is 0 Å². The van der Waals surface area contributed by atoms with Crippen molar-refractivity contribution in [3.05, 3.63) is 83.9 Å². The van der Waals surface area contributed by atoms with Crippen LogP contribution in [0.2, 0.25) is 0 Å². The summed E-state index contributed by atoms with van der Waals surface area (Å²) >= 11 is 0. The third-order valence-electron chi connectivity index (χ3n) is 4.36. The third-order valence-corrected chi connectivity index (χ3v) is 4.36. The molecular formula is C20H16. The number of benzene rings is 3. The molecule has 0 bridgehead atoms. The Labute approximate surface area is 119 Å². The third kappa shape index (κ3) is 1.55. The predicted molar refractivity (Wildman–Crippen MR) is 84.8 cm³/mol. The molecule has 3 aromatic rings. The zero-order chi connectivity index (χ0) is 13.5. The summed E-state index contributed by atoms with van der Waals surface area (Å²) in [6.45, 7) is 2.31. The summed E-state index contributed by atoms with van der Waals surface area (Å²) in [7, 11) is 0. The van der Waals surface area contributed by atoms with Crippen LogP contribution < -0.4 is 0 Å². The molecule has 4 rings (SSSR count). The molecule has 0 saturated carbocycles. The topological polar surface area (TPSA) is 0 Å². The standard InChI is InChI=1S/C20H16/c1-14-15-8-2-4-10-17(15)19-12-6-7-13-20(19)18-11-5-3-9-16(14)18/h2-14H,1H3. The van der Waals surface area contributed by atoms with E-state index in [0.29, 0.717) is 5.92 Å². The summed E-state index contributed by atoms with van der Waals surface area (Å²) in [5.74, 6) is 0.426. The van der Waals surface area contributed by atoms with Crippen molar-refractivity contribution < 1.29 is 0 Å². The molecule has 0 amide bonds. The quantitative estimate of drug-likeness (QED) is 0.499. The van der Waals surface area contributed by atoms with Crippen molar-refractivity contribution in [1.82, 2.24) is 0 Å². The molecule has 0 spiro atoms. The van der Waals surface area contributed by atoms with Crippen molar-refractivity contribution in [3.8, 4) is 22.3 Å². The Hall–Kier alpha value is -2.34. The molecule has 0 heterocycles. The summed E-state index contributed by atoms with van der Waals surface area (Å²) in [6.07, 6.45) is 0. The number of hydrogen-bond acceptors (Lipinski definition) is 0. The van der Waals surface area contributed by atoms with Crippen LogP contribution in [-0.4, -0.2) is 0 Å². The van der Waals surface area contributed by atoms with Gasteiger partial charge in [-0.3, -0.25) is 0 Å². The highest BCUT2D eigenvalue weighted by Crippen LogP contribution is 2.44. The van der Waals surface area contributed by atoms with E-state index in [1.165, 1.54) is 33.4 Å². The molecular weight excluding hydrogens is 240 g/mol. The van der Waals surface area contributed by atoms with Crippen LogP contribution in [0.5, 0.6) is 0 Å². The second kappa shape index (κ2) is 4.35. The van der Waals surface area contributed by atoms with E-state index in [-0.39, 0.29) is 0 Å². The maximum Gasteiger partial charge on any atom is 0.00733 e. The molecule has 0 unspecified atom stereocenters. The average Bonchev–Trinajstić information content (AvgIpc) is 2.64. The van der Waals surface area contributed by atoms with E-state index < -0.39 is 0 Å². The molecule has 0 radical (unpaired) electrons. The lowest BCUT2D eigenvalue weighted by Gasteiger charge is -2.15. The van der Waals surface area contributed by atoms with Crippen molar-refractivity contribution in [2.45, 2.75) is 12.8 Å². The van der Waals surface area contributed by atoms with Gasteiger partial charge in [0.1, 0.15) is 0 Å². The van der Waals surface area contributed by atoms with Gasteiger partial charge < -0.3 is 0 Å². The number of rotatable bonds is 0. The summed E-state index contributed by atoms with van der Waals surface area (Å²) in [5.41, 5.74) is 8.27. The van der Waals surface area contributed by atoms with Crippen molar-refractivity contribution in [1.29, 1.82) is 0 Å². The van der Waals surface area contributed by atoms with Crippen LogP contribution in [0.25, 0.3) is 22.3 Å². The molecule has 0 N–H and O–H groups in total. The Balaban J connectivity index is 2.17. The van der Waals surface area contributed by atoms with Crippen LogP contribution in [-0.2, 0) is 0 Å². The van der Waals surface area contributed by atoms with Crippen LogP contribution >= 0.6 is 0 Å². The van der Waals surface area contributed by atoms with Gasteiger partial charge in [-0.15, -0.1) is 0 Å². The molecule has 0 saturated heterocycles. The van der Waals surface area contributed by atoms with Crippen LogP contribution in [0.1, 0.15) is 24.0 Å². The molecule has 0 aliphatic heterocycles. The summed E-state index contributed by atoms with van der Waals surface area (Å²) < 4.78 is 0. The SMILES string of the molecule is CC1c2ccccc2-c2ccccc2-c2ccccc21. The highest BCUT2D eigenvalue weighted by molar-refractivity contribution is 5.89. The molecule has 0 atom stereocenters. The first-order chi connectivity index (χ1) is 9.86. The molecule has 20 heavy (non-hydrogen) atoms. The van der Waals surface area contributed by atoms with Crippen LogP contribution in [0.4, 0.5) is 0 Å². The van der Waals surface area contributed by atoms with Gasteiger partial charge in [0, 0.05) is 5.92 Å². The number of fused-ring (bicyclic) bond motifs is 5. The van der Waals surface area contributed by atoms with Crippen molar-refractivity contribution >= 4 is 0 Å². The molecule has 0 nitrogen and oxygen atoms in total. The maximum absolute atomic E-state index is 2.31. The first-order valence-electron chi connectivity index (χ1n) is 7.14. The van der Waals surface area contributed by atoms with Gasteiger partial charge in [0.15, 0.2) is 0 Å². The van der Waals surface area contributed by atoms with Gasteiger partial charge in [-0.2, -0.15) is 0 Å². The minimum atomic E-state index is 0.426. The van der Waals surface area contributed by atoms with Gasteiger partial charge in [-0.1, -0.05) is 79.7 Å². The van der Waals surface area contributed by atoms with Gasteiger partial charge in [-0.25, -0.2) is 0 Å². The Kier molecular flexibility index (Phi) is 2.50. The lowest BCUT2D eigenvalue weighted by Crippen LogP contribution is -1.97. The van der Waals surface area contributed by atoms with Gasteiger partial charge in [-0.05, 0) is 33.4 Å². The molecule has 1 aliphatic carbocycles. The average molecular weight is 256 g/mol. The molecule has 3 aromatic carbocycles. The van der Waals surface area contributed by atoms with E-state index in [1.807, 2.05) is 0 Å². The van der Waals surface area contributed by atoms with E-state index in [1.54, 1.807) is 0 Å². The van der Waals surface area contributed by atoms with Gasteiger partial charge in [0.05, 0.1) is 0 Å². The Morgan fingerprint density at radius 1 is 0.500 bits per heavy atom. The summed E-state index contributed by atoms with van der Waals surface area (Å²) in [5, 5.41) is 0. The largest absolute Gasteiger partial charge is 0.0619 e. The second-order valence-corrected chi connectivity index (χ2v) is 5.44. The number of hydrogen-bond donors (Lipinski definition) is 0. The Morgan fingerprint density at radius 2 is 0.850 bits per heavy atom. The van der Waals surface area contributed by atoms with Crippen molar-refractivity contribution in [2.75, 3.05) is 0 Å². The van der Waals surface area contributed by atoms with Crippen LogP contribution in [0.3, 0.4) is 0 Å². The first kappa shape index (κ1) is 11.5. The predicted octanol–water partition coefficient (Wildman–Crippen LogP) is 5.49. The van der Waals surface area contributed by atoms with Crippen molar-refractivity contribution in [3.63, 3.8) is 0 Å². The highest BCUT2D eigenvalue weighted by atomic mass is 14.3. The fourth-order valence-corrected chi connectivity index (χ4v) is 3.36. The van der Waals surface area contributed by atoms with Crippen molar-refractivity contribution in [2.24, 2.45) is 0 Å². The zero-order valence-corrected chi connectivity index (χ0v) is 11.5. The zero-order valence-electron chi connectivity index (χ0n) is 11.5. The first-order valence-corrected chi connectivity index (χ1v) is 7.14. The van der Waals surface area contributed by atoms with E-state index in [2.05, 4.69) is 79.7 Å². The molecule has 0 fully saturated rings. The van der Waals surface area contributed by atoms with E-state index in [4.69, 9.17) is 0 Å². The smallest absolute Gasteiger partial charge is 0.00733 e. The monoisotopic (exact) mass is 256 g/mol. The normalized spacial score (nSPS) is 13.1. The van der Waals surface area contributed by atoms with Gasteiger partial charge >= 0.3 is 0 Å². The van der Waals surface area contributed by atoms with Crippen LogP contribution in [0, 0.1) is 0 Å². The Morgan fingerprint density at radius 3 is 1.30 bits per heavy atom. The van der Waals surface area contributed by atoms with E-state index in [0.717, 1.165) is 0 Å². The molecule has 0 aromatic heterocycles. The molecule has 0 heteroatoms. The molecule has 96 valence electrons. The second-order valence-electron chi connectivity index (χ2n) is 5.44. The minimum Gasteiger partial charge on any atom is -0.0619 e. The summed E-state index contributed by atoms with van der Waals surface area (Å²) in [4.78, 5) is 0. The van der Waals surface area contributed by atoms with Gasteiger partial charge in [0.25, 0.3) is 0 Å². The lowest BCUT2D eigenvalue weighted by molar-refractivity contribution is 0.932. The fraction of sp³-hybridized carbons (Fsp3) is 0.100. The Bertz CT molecular complexity index is 717. The minimum absolute atomic E-state index is 0.426. The molecule has 1 aliphatic rings. The van der Waals surface area contributed by atoms with E-state index >= 15 is 0 Å². The van der Waals surface area contributed by atoms with E-state index in [9.17, 15) is 0 Å². The fourth-order valence-electron chi connectivity index (χ4n) is 3.36. The summed E-state index contributed by atoms with van der Waals surface area (Å²) in [6, 6.07) is 26.3. The maximum atomic E-state index is 2.31.